The van der Waals surface area contributed by atoms with Crippen LogP contribution in [-0.4, -0.2) is 16.6 Å². The number of hydrogen-bond acceptors (Lipinski definition) is 3. The summed E-state index contributed by atoms with van der Waals surface area (Å²) in [7, 11) is 0. The highest BCUT2D eigenvalue weighted by atomic mass is 19.4. The molecule has 3 nitrogen and oxygen atoms in total. The summed E-state index contributed by atoms with van der Waals surface area (Å²) >= 11 is 0. The standard InChI is InChI=1S/C18H20F4N2O/c1-11(2)8-12(3)10-25-16-5-4-13(9-14(16)19)15-6-7-23-17(24-15)18(20,21)22/h4-7,9,11-12H,8,10H2,1-3H3. The van der Waals surface area contributed by atoms with E-state index >= 15 is 0 Å². The van der Waals surface area contributed by atoms with Crippen molar-refractivity contribution in [2.75, 3.05) is 6.61 Å². The van der Waals surface area contributed by atoms with Crippen molar-refractivity contribution >= 4 is 0 Å². The first-order valence-electron chi connectivity index (χ1n) is 7.99. The molecule has 2 aromatic rings. The smallest absolute Gasteiger partial charge is 0.451 e. The van der Waals surface area contributed by atoms with Crippen LogP contribution in [0.3, 0.4) is 0 Å². The van der Waals surface area contributed by atoms with Crippen LogP contribution in [-0.2, 0) is 6.18 Å². The van der Waals surface area contributed by atoms with Crippen molar-refractivity contribution in [1.82, 2.24) is 9.97 Å². The van der Waals surface area contributed by atoms with Crippen LogP contribution in [0.15, 0.2) is 30.5 Å². The van der Waals surface area contributed by atoms with Crippen LogP contribution in [0.1, 0.15) is 33.0 Å². The summed E-state index contributed by atoms with van der Waals surface area (Å²) in [6.07, 6.45) is -2.69. The van der Waals surface area contributed by atoms with Gasteiger partial charge in [0.15, 0.2) is 11.6 Å². The molecule has 0 aliphatic heterocycles. The van der Waals surface area contributed by atoms with E-state index in [2.05, 4.69) is 23.8 Å². The molecule has 25 heavy (non-hydrogen) atoms. The summed E-state index contributed by atoms with van der Waals surface area (Å²) in [6, 6.07) is 5.30. The van der Waals surface area contributed by atoms with Gasteiger partial charge in [-0.15, -0.1) is 0 Å². The van der Waals surface area contributed by atoms with Crippen LogP contribution < -0.4 is 4.74 Å². The van der Waals surface area contributed by atoms with E-state index in [1.165, 1.54) is 18.2 Å². The van der Waals surface area contributed by atoms with E-state index in [0.717, 1.165) is 18.7 Å². The summed E-state index contributed by atoms with van der Waals surface area (Å²) in [5.41, 5.74) is 0.230. The van der Waals surface area contributed by atoms with Gasteiger partial charge in [0, 0.05) is 11.8 Å². The largest absolute Gasteiger partial charge is 0.490 e. The third-order valence-electron chi connectivity index (χ3n) is 3.53. The van der Waals surface area contributed by atoms with Crippen molar-refractivity contribution in [3.63, 3.8) is 0 Å². The number of benzene rings is 1. The fraction of sp³-hybridized carbons (Fsp3) is 0.444. The number of ether oxygens (including phenoxy) is 1. The van der Waals surface area contributed by atoms with Crippen molar-refractivity contribution in [2.24, 2.45) is 11.8 Å². The molecule has 0 saturated carbocycles. The van der Waals surface area contributed by atoms with Crippen LogP contribution in [0.2, 0.25) is 0 Å². The fourth-order valence-corrected chi connectivity index (χ4v) is 2.54. The third-order valence-corrected chi connectivity index (χ3v) is 3.53. The summed E-state index contributed by atoms with van der Waals surface area (Å²) in [4.78, 5) is 6.64. The number of hydrogen-bond donors (Lipinski definition) is 0. The van der Waals surface area contributed by atoms with Gasteiger partial charge in [-0.05, 0) is 42.5 Å². The second-order valence-electron chi connectivity index (χ2n) is 6.45. The van der Waals surface area contributed by atoms with E-state index < -0.39 is 17.8 Å². The van der Waals surface area contributed by atoms with Crippen LogP contribution in [0.4, 0.5) is 17.6 Å². The zero-order chi connectivity index (χ0) is 18.6. The highest BCUT2D eigenvalue weighted by molar-refractivity contribution is 5.60. The topological polar surface area (TPSA) is 35.0 Å². The van der Waals surface area contributed by atoms with E-state index in [1.54, 1.807) is 0 Å². The predicted molar refractivity (Wildman–Crippen MR) is 86.5 cm³/mol. The van der Waals surface area contributed by atoms with Crippen molar-refractivity contribution < 1.29 is 22.3 Å². The fourth-order valence-electron chi connectivity index (χ4n) is 2.54. The Hall–Kier alpha value is -2.18. The second kappa shape index (κ2) is 7.80. The highest BCUT2D eigenvalue weighted by Crippen LogP contribution is 2.29. The van der Waals surface area contributed by atoms with E-state index in [4.69, 9.17) is 4.74 Å². The van der Waals surface area contributed by atoms with Gasteiger partial charge in [-0.2, -0.15) is 13.2 Å². The lowest BCUT2D eigenvalue weighted by Gasteiger charge is -2.15. The van der Waals surface area contributed by atoms with Crippen LogP contribution in [0.5, 0.6) is 5.75 Å². The van der Waals surface area contributed by atoms with Gasteiger partial charge in [0.05, 0.1) is 12.3 Å². The monoisotopic (exact) mass is 356 g/mol. The molecule has 0 spiro atoms. The molecule has 1 aromatic carbocycles. The molecule has 0 aliphatic carbocycles. The summed E-state index contributed by atoms with van der Waals surface area (Å²) in [5, 5.41) is 0. The molecule has 0 bridgehead atoms. The number of alkyl halides is 3. The molecule has 0 N–H and O–H groups in total. The minimum atomic E-state index is -4.65. The van der Waals surface area contributed by atoms with E-state index in [1.807, 2.05) is 6.92 Å². The van der Waals surface area contributed by atoms with Gasteiger partial charge in [-0.1, -0.05) is 20.8 Å². The molecule has 1 unspecified atom stereocenters. The van der Waals surface area contributed by atoms with Gasteiger partial charge < -0.3 is 4.74 Å². The van der Waals surface area contributed by atoms with Gasteiger partial charge in [0.2, 0.25) is 5.82 Å². The molecule has 136 valence electrons. The molecule has 7 heteroatoms. The lowest BCUT2D eigenvalue weighted by atomic mass is 10.00. The third kappa shape index (κ3) is 5.41. The molecule has 0 amide bonds. The zero-order valence-corrected chi connectivity index (χ0v) is 14.3. The molecule has 2 rings (SSSR count). The molecule has 0 saturated heterocycles. The molecule has 1 heterocycles. The van der Waals surface area contributed by atoms with E-state index in [-0.39, 0.29) is 22.9 Å². The Morgan fingerprint density at radius 1 is 1.12 bits per heavy atom. The zero-order valence-electron chi connectivity index (χ0n) is 14.3. The maximum absolute atomic E-state index is 14.2. The Balaban J connectivity index is 2.14. The van der Waals surface area contributed by atoms with Crippen molar-refractivity contribution in [3.05, 3.63) is 42.1 Å². The Morgan fingerprint density at radius 3 is 2.44 bits per heavy atom. The number of halogens is 4. The quantitative estimate of drug-likeness (QED) is 0.653. The van der Waals surface area contributed by atoms with Gasteiger partial charge in [-0.25, -0.2) is 14.4 Å². The first-order chi connectivity index (χ1) is 11.7. The Labute approximate surface area is 144 Å². The molecule has 1 atom stereocenters. The minimum Gasteiger partial charge on any atom is -0.490 e. The molecule has 0 radical (unpaired) electrons. The average Bonchev–Trinajstić information content (AvgIpc) is 2.52. The van der Waals surface area contributed by atoms with E-state index in [9.17, 15) is 17.6 Å². The summed E-state index contributed by atoms with van der Waals surface area (Å²) in [5.74, 6) is -1.03. The van der Waals surface area contributed by atoms with Gasteiger partial charge in [-0.3, -0.25) is 0 Å². The summed E-state index contributed by atoms with van der Waals surface area (Å²) < 4.78 is 57.7. The minimum absolute atomic E-state index is 0.000880. The summed E-state index contributed by atoms with van der Waals surface area (Å²) in [6.45, 7) is 6.59. The lowest BCUT2D eigenvalue weighted by molar-refractivity contribution is -0.144. The molecule has 0 aliphatic rings. The van der Waals surface area contributed by atoms with Gasteiger partial charge in [0.1, 0.15) is 0 Å². The van der Waals surface area contributed by atoms with E-state index in [0.29, 0.717) is 12.5 Å². The molecule has 1 aromatic heterocycles. The normalized spacial score (nSPS) is 13.1. The molecular formula is C18H20F4N2O. The average molecular weight is 356 g/mol. The first kappa shape index (κ1) is 19.1. The van der Waals surface area contributed by atoms with Crippen molar-refractivity contribution in [3.8, 4) is 17.0 Å². The van der Waals surface area contributed by atoms with Gasteiger partial charge in [0.25, 0.3) is 0 Å². The maximum Gasteiger partial charge on any atom is 0.451 e. The SMILES string of the molecule is CC(C)CC(C)COc1ccc(-c2ccnc(C(F)(F)F)n2)cc1F. The molecule has 0 fully saturated rings. The van der Waals surface area contributed by atoms with Crippen molar-refractivity contribution in [1.29, 1.82) is 0 Å². The predicted octanol–water partition coefficient (Wildman–Crippen LogP) is 5.36. The highest BCUT2D eigenvalue weighted by Gasteiger charge is 2.34. The van der Waals surface area contributed by atoms with Crippen LogP contribution in [0, 0.1) is 17.7 Å². The molecular weight excluding hydrogens is 336 g/mol. The number of rotatable bonds is 6. The second-order valence-corrected chi connectivity index (χ2v) is 6.45. The number of aromatic nitrogens is 2. The van der Waals surface area contributed by atoms with Crippen LogP contribution in [0.25, 0.3) is 11.3 Å². The first-order valence-corrected chi connectivity index (χ1v) is 7.99. The lowest BCUT2D eigenvalue weighted by Crippen LogP contribution is -2.12. The Morgan fingerprint density at radius 2 is 1.84 bits per heavy atom. The van der Waals surface area contributed by atoms with Gasteiger partial charge >= 0.3 is 6.18 Å². The number of nitrogens with zero attached hydrogens (tertiary/aromatic N) is 2. The van der Waals surface area contributed by atoms with Crippen LogP contribution >= 0.6 is 0 Å². The Bertz CT molecular complexity index is 716. The maximum atomic E-state index is 14.2. The Kier molecular flexibility index (Phi) is 5.98. The van der Waals surface area contributed by atoms with Crippen molar-refractivity contribution in [2.45, 2.75) is 33.4 Å².